The average Bonchev–Trinajstić information content (AvgIpc) is 3.79. The minimum absolute atomic E-state index is 0.00960. The molecule has 0 radical (unpaired) electrons. The number of rotatable bonds is 16. The van der Waals surface area contributed by atoms with Gasteiger partial charge >= 0.3 is 5.51 Å². The van der Waals surface area contributed by atoms with Gasteiger partial charge in [0.05, 0.1) is 10.6 Å². The first-order chi connectivity index (χ1) is 30.4. The number of carbonyl (C=O) groups is 1. The lowest BCUT2D eigenvalue weighted by Gasteiger charge is -2.39. The largest absolute Gasteiger partial charge is 0.501 e. The van der Waals surface area contributed by atoms with E-state index in [9.17, 15) is 39.2 Å². The molecule has 0 unspecified atom stereocenters. The van der Waals surface area contributed by atoms with Gasteiger partial charge in [0.15, 0.2) is 0 Å². The number of thioether (sulfide) groups is 1. The van der Waals surface area contributed by atoms with Gasteiger partial charge in [-0.3, -0.25) is 9.69 Å². The molecule has 2 aliphatic heterocycles. The molecule has 344 valence electrons. The SMILES string of the molecule is CC1(C)CCC(CN2CCN(c3ccc(C(=O)NS(=O)(=O)c4ccc(N[C@H](CCN5CCCC5)CSc5ccccc5)c(S(=O)(=O)C(F)(F)F)c4)cc3)CC2)=C(c2ccc(F)cc2)C1. The molecule has 2 N–H and O–H groups in total. The zero-order valence-electron chi connectivity index (χ0n) is 36.0. The number of carbonyl (C=O) groups excluding carboxylic acids is 1. The van der Waals surface area contributed by atoms with E-state index in [-0.39, 0.29) is 22.5 Å². The van der Waals surface area contributed by atoms with E-state index in [2.05, 4.69) is 33.9 Å². The normalized spacial score (nSPS) is 18.2. The van der Waals surface area contributed by atoms with Gasteiger partial charge in [-0.05, 0) is 135 Å². The molecule has 2 saturated heterocycles. The summed E-state index contributed by atoms with van der Waals surface area (Å²) in [6, 6.07) is 24.5. The first-order valence-corrected chi connectivity index (χ1v) is 25.6. The third-order valence-corrected chi connectivity index (χ3v) is 16.3. The smallest absolute Gasteiger partial charge is 0.380 e. The van der Waals surface area contributed by atoms with Crippen molar-refractivity contribution in [1.29, 1.82) is 0 Å². The minimum atomic E-state index is -6.04. The Hall–Kier alpha value is -4.42. The van der Waals surface area contributed by atoms with Gasteiger partial charge in [0.2, 0.25) is 0 Å². The highest BCUT2D eigenvalue weighted by molar-refractivity contribution is 7.99. The molecule has 0 aromatic heterocycles. The van der Waals surface area contributed by atoms with Crippen molar-refractivity contribution in [3.05, 3.63) is 120 Å². The zero-order chi connectivity index (χ0) is 45.7. The summed E-state index contributed by atoms with van der Waals surface area (Å²) in [6.45, 7) is 10.8. The first kappa shape index (κ1) is 47.5. The van der Waals surface area contributed by atoms with Gasteiger partial charge in [-0.15, -0.1) is 11.8 Å². The van der Waals surface area contributed by atoms with Crippen molar-refractivity contribution in [1.82, 2.24) is 14.5 Å². The number of nitrogens with one attached hydrogen (secondary N) is 2. The molecule has 1 aliphatic carbocycles. The van der Waals surface area contributed by atoms with Crippen LogP contribution in [0, 0.1) is 11.2 Å². The number of piperazine rings is 1. The van der Waals surface area contributed by atoms with Crippen molar-refractivity contribution >= 4 is 54.5 Å². The van der Waals surface area contributed by atoms with Crippen LogP contribution in [0.3, 0.4) is 0 Å². The summed E-state index contributed by atoms with van der Waals surface area (Å²) in [5.74, 6) is -0.890. The molecule has 0 spiro atoms. The Kier molecular flexibility index (Phi) is 14.8. The molecule has 1 atom stereocenters. The first-order valence-electron chi connectivity index (χ1n) is 21.6. The van der Waals surface area contributed by atoms with E-state index in [1.807, 2.05) is 47.2 Å². The molecule has 0 bridgehead atoms. The fourth-order valence-electron chi connectivity index (χ4n) is 8.57. The molecule has 0 saturated carbocycles. The summed E-state index contributed by atoms with van der Waals surface area (Å²) in [4.78, 5) is 19.0. The van der Waals surface area contributed by atoms with Gasteiger partial charge in [0.25, 0.3) is 25.8 Å². The van der Waals surface area contributed by atoms with Crippen LogP contribution in [0.4, 0.5) is 28.9 Å². The lowest BCUT2D eigenvalue weighted by atomic mass is 9.72. The van der Waals surface area contributed by atoms with Crippen LogP contribution < -0.4 is 14.9 Å². The van der Waals surface area contributed by atoms with Gasteiger partial charge in [-0.1, -0.05) is 49.8 Å². The highest BCUT2D eigenvalue weighted by Crippen LogP contribution is 2.43. The highest BCUT2D eigenvalue weighted by Gasteiger charge is 2.48. The number of halogens is 4. The summed E-state index contributed by atoms with van der Waals surface area (Å²) in [5.41, 5.74) is -1.41. The van der Waals surface area contributed by atoms with Crippen molar-refractivity contribution in [2.75, 3.05) is 68.3 Å². The average molecular weight is 942 g/mol. The van der Waals surface area contributed by atoms with Gasteiger partial charge < -0.3 is 15.1 Å². The van der Waals surface area contributed by atoms with Crippen molar-refractivity contribution in [3.8, 4) is 0 Å². The van der Waals surface area contributed by atoms with E-state index in [0.717, 1.165) is 93.1 Å². The molecular formula is C47H55F4N5O5S3. The number of allylic oxidation sites excluding steroid dienone is 1. The maximum absolute atomic E-state index is 14.1. The molecule has 2 heterocycles. The summed E-state index contributed by atoms with van der Waals surface area (Å²) < 4.78 is 111. The Morgan fingerprint density at radius 2 is 1.50 bits per heavy atom. The van der Waals surface area contributed by atoms with Crippen molar-refractivity contribution in [2.45, 2.75) is 78.6 Å². The lowest BCUT2D eigenvalue weighted by Crippen LogP contribution is -2.47. The Balaban J connectivity index is 1.01. The van der Waals surface area contributed by atoms with Gasteiger partial charge in [0.1, 0.15) is 10.7 Å². The number of alkyl halides is 3. The number of sulfone groups is 1. The van der Waals surface area contributed by atoms with E-state index >= 15 is 0 Å². The molecule has 1 amide bonds. The molecule has 7 rings (SSSR count). The molecule has 17 heteroatoms. The molecular weight excluding hydrogens is 887 g/mol. The summed E-state index contributed by atoms with van der Waals surface area (Å²) in [5, 5.41) is 3.00. The number of sulfonamides is 1. The second kappa shape index (κ2) is 20.0. The summed E-state index contributed by atoms with van der Waals surface area (Å²) in [7, 11) is -10.9. The predicted molar refractivity (Wildman–Crippen MR) is 245 cm³/mol. The number of likely N-dealkylation sites (tertiary alicyclic amines) is 1. The third-order valence-electron chi connectivity index (χ3n) is 12.3. The van der Waals surface area contributed by atoms with Crippen LogP contribution in [0.15, 0.2) is 117 Å². The third kappa shape index (κ3) is 11.9. The Bertz CT molecular complexity index is 2510. The van der Waals surface area contributed by atoms with Crippen molar-refractivity contribution in [2.24, 2.45) is 5.41 Å². The van der Waals surface area contributed by atoms with E-state index in [1.165, 1.54) is 47.2 Å². The van der Waals surface area contributed by atoms with Crippen molar-refractivity contribution < 1.29 is 39.2 Å². The lowest BCUT2D eigenvalue weighted by molar-refractivity contribution is -0.0435. The van der Waals surface area contributed by atoms with Crippen LogP contribution in [0.2, 0.25) is 0 Å². The minimum Gasteiger partial charge on any atom is -0.380 e. The van der Waals surface area contributed by atoms with Crippen LogP contribution in [-0.4, -0.2) is 102 Å². The van der Waals surface area contributed by atoms with Crippen LogP contribution in [0.25, 0.3) is 5.57 Å². The summed E-state index contributed by atoms with van der Waals surface area (Å²) in [6.07, 6.45) is 5.56. The molecule has 2 fully saturated rings. The zero-order valence-corrected chi connectivity index (χ0v) is 38.5. The molecule has 4 aromatic carbocycles. The molecule has 3 aliphatic rings. The Morgan fingerprint density at radius 1 is 0.828 bits per heavy atom. The number of amides is 1. The van der Waals surface area contributed by atoms with Gasteiger partial charge in [-0.2, -0.15) is 13.2 Å². The van der Waals surface area contributed by atoms with Crippen LogP contribution in [0.1, 0.15) is 68.3 Å². The van der Waals surface area contributed by atoms with Gasteiger partial charge in [0, 0.05) is 67.2 Å². The van der Waals surface area contributed by atoms with Crippen molar-refractivity contribution in [3.63, 3.8) is 0 Å². The summed E-state index contributed by atoms with van der Waals surface area (Å²) >= 11 is 1.46. The number of hydrogen-bond acceptors (Lipinski definition) is 10. The second-order valence-electron chi connectivity index (χ2n) is 17.6. The Morgan fingerprint density at radius 3 is 2.16 bits per heavy atom. The number of anilines is 2. The fourth-order valence-corrected chi connectivity index (χ4v) is 11.6. The second-order valence-corrected chi connectivity index (χ2v) is 22.3. The van der Waals surface area contributed by atoms with Crippen LogP contribution in [-0.2, 0) is 19.9 Å². The topological polar surface area (TPSA) is 119 Å². The number of benzene rings is 4. The predicted octanol–water partition coefficient (Wildman–Crippen LogP) is 9.08. The van der Waals surface area contributed by atoms with Crippen LogP contribution >= 0.6 is 11.8 Å². The number of nitrogens with zero attached hydrogens (tertiary/aromatic N) is 3. The van der Waals surface area contributed by atoms with Crippen LogP contribution in [0.5, 0.6) is 0 Å². The molecule has 4 aromatic rings. The Labute approximate surface area is 378 Å². The monoisotopic (exact) mass is 941 g/mol. The molecule has 10 nitrogen and oxygen atoms in total. The highest BCUT2D eigenvalue weighted by atomic mass is 32.2. The molecule has 64 heavy (non-hydrogen) atoms. The fraction of sp³-hybridized carbons (Fsp3) is 0.426. The number of hydrogen-bond donors (Lipinski definition) is 2. The van der Waals surface area contributed by atoms with E-state index in [4.69, 9.17) is 0 Å². The van der Waals surface area contributed by atoms with E-state index in [0.29, 0.717) is 37.9 Å². The quantitative estimate of drug-likeness (QED) is 0.0833. The maximum atomic E-state index is 14.1. The standard InChI is InChI=1S/C47H55F4N5O5S3/c1-46(2)22-20-36(42(31-46)34-10-14-37(48)15-11-34)32-55-26-28-56(29-27-55)39-16-12-35(13-17-39)45(57)53-64(60,61)41-18-19-43(44(30-41)63(58,59)47(49,50)51)52-38(21-25-54-23-6-7-24-54)33-62-40-8-4-3-5-9-40/h3-5,8-19,30,38,52H,6-7,20-29,31-33H2,1-2H3,(H,53,57)/t38-/m1/s1. The maximum Gasteiger partial charge on any atom is 0.501 e. The van der Waals surface area contributed by atoms with Gasteiger partial charge in [-0.25, -0.2) is 25.9 Å². The van der Waals surface area contributed by atoms with E-state index in [1.54, 1.807) is 12.1 Å². The van der Waals surface area contributed by atoms with E-state index < -0.39 is 47.1 Å².